The number of sulfonamides is 1. The van der Waals surface area contributed by atoms with E-state index in [4.69, 9.17) is 85.0 Å². The topological polar surface area (TPSA) is 281 Å². The Labute approximate surface area is 661 Å². The molecule has 0 aromatic heterocycles. The zero-order valence-electron chi connectivity index (χ0n) is 64.1. The molecule has 0 bridgehead atoms. The molecule has 7 aromatic rings. The average molecular weight is 1590 g/mol. The predicted molar refractivity (Wildman–Crippen MR) is 412 cm³/mol. The summed E-state index contributed by atoms with van der Waals surface area (Å²) in [4.78, 5) is 53.9. The summed E-state index contributed by atoms with van der Waals surface area (Å²) in [5.41, 5.74) is 4.84. The van der Waals surface area contributed by atoms with E-state index in [2.05, 4.69) is 4.72 Å². The van der Waals surface area contributed by atoms with Crippen LogP contribution >= 0.6 is 0 Å². The van der Waals surface area contributed by atoms with Crippen LogP contribution in [0.4, 0.5) is 4.79 Å². The van der Waals surface area contributed by atoms with Crippen LogP contribution in [-0.4, -0.2) is 177 Å². The van der Waals surface area contributed by atoms with Gasteiger partial charge in [0.2, 0.25) is 10.0 Å². The summed E-state index contributed by atoms with van der Waals surface area (Å²) < 4.78 is 158. The lowest BCUT2D eigenvalue weighted by Gasteiger charge is -2.53. The highest BCUT2D eigenvalue weighted by atomic mass is 32.2. The first-order valence-corrected chi connectivity index (χ1v) is 42.6. The fourth-order valence-corrected chi connectivity index (χ4v) is 18.4. The van der Waals surface area contributed by atoms with E-state index in [1.165, 1.54) is 32.2 Å². The molecule has 0 unspecified atom stereocenters. The van der Waals surface area contributed by atoms with Gasteiger partial charge in [-0.25, -0.2) is 17.9 Å². The van der Waals surface area contributed by atoms with Crippen molar-refractivity contribution in [1.29, 1.82) is 0 Å². The second-order valence-corrected chi connectivity index (χ2v) is 34.8. The van der Waals surface area contributed by atoms with Gasteiger partial charge < -0.3 is 89.7 Å². The number of nitrogens with one attached hydrogen (secondary N) is 1. The summed E-state index contributed by atoms with van der Waals surface area (Å²) in [6.45, 7) is 7.83. The Hall–Kier alpha value is -8.43. The van der Waals surface area contributed by atoms with Crippen molar-refractivity contribution in [1.82, 2.24) is 4.72 Å². The third-order valence-corrected chi connectivity index (χ3v) is 26.6. The highest BCUT2D eigenvalue weighted by molar-refractivity contribution is 7.89. The number of benzene rings is 7. The molecule has 4 fully saturated rings. The number of rotatable bonds is 41. The van der Waals surface area contributed by atoms with Crippen molar-refractivity contribution in [2.75, 3.05) is 26.4 Å². The zero-order chi connectivity index (χ0) is 78.9. The molecule has 5 heterocycles. The van der Waals surface area contributed by atoms with Crippen molar-refractivity contribution in [3.63, 3.8) is 0 Å². The lowest BCUT2D eigenvalue weighted by atomic mass is 9.94. The molecule has 604 valence electrons. The van der Waals surface area contributed by atoms with Crippen LogP contribution in [0.15, 0.2) is 230 Å². The first-order valence-electron chi connectivity index (χ1n) is 38.6. The maximum absolute atomic E-state index is 15.8. The number of fused-ring (bicyclic) bond motifs is 1. The number of ketones is 1. The van der Waals surface area contributed by atoms with E-state index in [0.29, 0.717) is 23.7 Å². The number of hydrogen-bond acceptors (Lipinski definition) is 24. The normalized spacial score (nSPS) is 26.9. The van der Waals surface area contributed by atoms with Crippen molar-refractivity contribution in [3.05, 3.63) is 258 Å². The highest BCUT2D eigenvalue weighted by Gasteiger charge is 2.61. The molecular weight excluding hydrogens is 1490 g/mol. The van der Waals surface area contributed by atoms with Crippen LogP contribution in [0.5, 0.6) is 0 Å². The van der Waals surface area contributed by atoms with Crippen LogP contribution in [0.3, 0.4) is 0 Å². The van der Waals surface area contributed by atoms with Gasteiger partial charge in [0, 0.05) is 13.3 Å². The number of Topliss-reactive ketones (excluding diaryl/α,β-unsaturated/α-hetero) is 1. The van der Waals surface area contributed by atoms with E-state index in [1.54, 1.807) is 24.3 Å². The van der Waals surface area contributed by atoms with Gasteiger partial charge in [0.25, 0.3) is 0 Å². The number of ether oxygens (including phenoxy) is 17. The van der Waals surface area contributed by atoms with Crippen LogP contribution < -0.4 is 4.72 Å². The maximum atomic E-state index is 15.8. The fourth-order valence-electron chi connectivity index (χ4n) is 14.3. The Morgan fingerprint density at radius 2 is 0.858 bits per heavy atom. The first kappa shape index (κ1) is 84.0. The summed E-state index contributed by atoms with van der Waals surface area (Å²) in [5.74, 6) is -1.88. The van der Waals surface area contributed by atoms with E-state index in [1.807, 2.05) is 203 Å². The van der Waals surface area contributed by atoms with E-state index >= 15 is 8.42 Å². The summed E-state index contributed by atoms with van der Waals surface area (Å²) in [7, 11) is -7.83. The Bertz CT molecular complexity index is 4190. The smallest absolute Gasteiger partial charge is 0.493 e. The van der Waals surface area contributed by atoms with Crippen LogP contribution in [0.2, 0.25) is 18.1 Å². The number of carbonyl (C=O) groups excluding carboxylic acids is 4. The molecule has 5 aliphatic rings. The summed E-state index contributed by atoms with van der Waals surface area (Å²) in [6, 6.07) is 64.3. The molecule has 0 amide bonds. The molecule has 18 atom stereocenters. The van der Waals surface area contributed by atoms with Crippen LogP contribution in [0.25, 0.3) is 0 Å². The molecular formula is C86H101NO24SSi. The monoisotopic (exact) mass is 1590 g/mol. The first-order chi connectivity index (χ1) is 55.0. The Kier molecular flexibility index (Phi) is 31.0. The third-order valence-electron chi connectivity index (χ3n) is 20.5. The van der Waals surface area contributed by atoms with Gasteiger partial charge in [-0.15, -0.1) is 0 Å². The molecule has 0 spiro atoms. The Balaban J connectivity index is 1.01. The van der Waals surface area contributed by atoms with Crippen molar-refractivity contribution >= 4 is 42.2 Å². The molecule has 4 saturated heterocycles. The van der Waals surface area contributed by atoms with E-state index in [-0.39, 0.29) is 83.0 Å². The maximum Gasteiger partial charge on any atom is 0.509 e. The van der Waals surface area contributed by atoms with E-state index < -0.39 is 153 Å². The summed E-state index contributed by atoms with van der Waals surface area (Å²) in [6.07, 6.45) is -21.2. The Morgan fingerprint density at radius 3 is 1.37 bits per heavy atom. The molecule has 0 radical (unpaired) electrons. The van der Waals surface area contributed by atoms with Gasteiger partial charge in [-0.3, -0.25) is 9.59 Å². The minimum Gasteiger partial charge on any atom is -0.493 e. The minimum absolute atomic E-state index is 0.0255. The van der Waals surface area contributed by atoms with E-state index in [9.17, 15) is 19.2 Å². The number of esters is 2. The fraction of sp³-hybridized carbons (Fsp3) is 0.442. The number of hydrogen-bond donors (Lipinski definition) is 1. The molecule has 25 nitrogen and oxygen atoms in total. The third kappa shape index (κ3) is 23.4. The van der Waals surface area contributed by atoms with Crippen LogP contribution in [0, 0.1) is 0 Å². The SMILES string of the molecule is CC[Si](CC)(CC)O[C@@H]1[C@@H](NS(=O)(=O)c2ccccc2)[C@H](O[C@H]2[C@@H](OC(C)=O)[C@@H](COC(=O)CCC(C)=O)O[C@@H](O[C@H]3[C@H](OCc4ccccc4)C=CO[C@@H]3COCc3ccccc3)[C@@H]2OCc2ccccc2)O[C@H](COCc2ccccc2)[C@H]1O[C@@H]1O[C@H](COCc2ccccc2)[C@@H]2OC(=O)O[C@@H]2[C@H]1OCc1ccccc1. The molecule has 0 saturated carbocycles. The molecule has 7 aromatic carbocycles. The quantitative estimate of drug-likeness (QED) is 0.0212. The lowest BCUT2D eigenvalue weighted by molar-refractivity contribution is -0.375. The molecule has 113 heavy (non-hydrogen) atoms. The zero-order valence-corrected chi connectivity index (χ0v) is 65.9. The van der Waals surface area contributed by atoms with Crippen molar-refractivity contribution in [3.8, 4) is 0 Å². The second-order valence-electron chi connectivity index (χ2n) is 28.4. The van der Waals surface area contributed by atoms with Gasteiger partial charge in [-0.1, -0.05) is 221 Å². The average Bonchev–Trinajstić information content (AvgIpc) is 1.48. The van der Waals surface area contributed by atoms with Crippen molar-refractivity contribution in [2.45, 2.75) is 220 Å². The molecule has 5 aliphatic heterocycles. The largest absolute Gasteiger partial charge is 0.509 e. The standard InChI is InChI=1S/C86H101NO24SSi/c1-6-113(7-2,8-3)111-78-73(87-112(92,93)66-42-28-15-29-43-66)83(103-69(55-95-49-61-32-18-10-19-33-61)75(78)107-85-82(101-53-65-40-26-14-27-41-65)80-77(109-86(91)110-80)70(104-85)56-96-50-62-34-20-11-21-35-62)108-79-76(102-59(5)89)71(57-99-72(90)45-44-58(4)88)105-84(81(79)100-52-64-38-24-13-25-39-64)106-74-67(98-51-63-36-22-12-23-37-63)46-47-97-68(74)54-94-48-60-30-16-9-17-31-60/h9-43,46-47,67-71,73-85,87H,6-8,44-45,48-57H2,1-5H3/t67-,68-,69-,70-,71-,73-,74+,75-,76+,77+,78-,79+,80+,81-,82-,83+,84+,85+/m1/s1. The molecule has 12 rings (SSSR count). The van der Waals surface area contributed by atoms with Gasteiger partial charge in [0.1, 0.15) is 73.4 Å². The Morgan fingerprint density at radius 1 is 0.434 bits per heavy atom. The molecule has 1 N–H and O–H groups in total. The van der Waals surface area contributed by atoms with Gasteiger partial charge >= 0.3 is 18.1 Å². The predicted octanol–water partition coefficient (Wildman–Crippen LogP) is 12.1. The second kappa shape index (κ2) is 41.7. The van der Waals surface area contributed by atoms with Gasteiger partial charge in [0.15, 0.2) is 51.6 Å². The van der Waals surface area contributed by atoms with Gasteiger partial charge in [0.05, 0.1) is 83.1 Å². The summed E-state index contributed by atoms with van der Waals surface area (Å²) >= 11 is 0. The van der Waals surface area contributed by atoms with Gasteiger partial charge in [-0.05, 0) is 76.6 Å². The van der Waals surface area contributed by atoms with Crippen molar-refractivity contribution < 1.29 is 113 Å². The van der Waals surface area contributed by atoms with Crippen LogP contribution in [0.1, 0.15) is 80.8 Å². The number of carbonyl (C=O) groups is 4. The lowest BCUT2D eigenvalue weighted by Crippen LogP contribution is -2.71. The minimum atomic E-state index is -4.71. The summed E-state index contributed by atoms with van der Waals surface area (Å²) in [5, 5.41) is 0. The molecule has 0 aliphatic carbocycles. The highest BCUT2D eigenvalue weighted by Crippen LogP contribution is 2.42. The molecule has 27 heteroatoms. The van der Waals surface area contributed by atoms with Crippen molar-refractivity contribution in [2.24, 2.45) is 0 Å². The van der Waals surface area contributed by atoms with E-state index in [0.717, 1.165) is 27.8 Å². The van der Waals surface area contributed by atoms with Gasteiger partial charge in [-0.2, -0.15) is 0 Å². The van der Waals surface area contributed by atoms with Crippen LogP contribution in [-0.2, 0) is 149 Å².